The maximum Gasteiger partial charge on any atom is 0.272 e. The molecule has 0 aliphatic rings. The second-order valence-electron chi connectivity index (χ2n) is 6.32. The van der Waals surface area contributed by atoms with Crippen molar-refractivity contribution in [1.82, 2.24) is 25.1 Å². The highest BCUT2D eigenvalue weighted by Crippen LogP contribution is 2.19. The molecule has 0 spiro atoms. The van der Waals surface area contributed by atoms with Gasteiger partial charge in [0.05, 0.1) is 24.2 Å². The first-order chi connectivity index (χ1) is 13.5. The van der Waals surface area contributed by atoms with Gasteiger partial charge in [0.2, 0.25) is 11.8 Å². The second-order valence-corrected chi connectivity index (χ2v) is 6.32. The summed E-state index contributed by atoms with van der Waals surface area (Å²) in [6, 6.07) is 3.62. The molecule has 0 saturated carbocycles. The van der Waals surface area contributed by atoms with Gasteiger partial charge in [0.1, 0.15) is 0 Å². The molecular weight excluding hydrogens is 368 g/mol. The van der Waals surface area contributed by atoms with Gasteiger partial charge in [-0.1, -0.05) is 0 Å². The maximum absolute atomic E-state index is 12.3. The topological polar surface area (TPSA) is 81.9 Å². The van der Waals surface area contributed by atoms with Gasteiger partial charge < -0.3 is 10.1 Å². The molecule has 0 aliphatic heterocycles. The predicted octanol–water partition coefficient (Wildman–Crippen LogP) is 2.51. The molecule has 1 N–H and O–H groups in total. The van der Waals surface area contributed by atoms with E-state index in [1.54, 1.807) is 30.1 Å². The Hall–Kier alpha value is -3.10. The molecule has 0 aromatic carbocycles. The summed E-state index contributed by atoms with van der Waals surface area (Å²) in [5.74, 6) is 0.109. The normalized spacial score (nSPS) is 11.2. The molecule has 3 heterocycles. The summed E-state index contributed by atoms with van der Waals surface area (Å²) in [5, 5.41) is 8.10. The van der Waals surface area contributed by atoms with E-state index in [0.29, 0.717) is 24.3 Å². The molecule has 0 fully saturated rings. The third-order valence-electron chi connectivity index (χ3n) is 4.04. The van der Waals surface area contributed by atoms with E-state index in [1.807, 2.05) is 19.2 Å². The first-order valence-corrected chi connectivity index (χ1v) is 8.90. The molecule has 0 bridgehead atoms. The van der Waals surface area contributed by atoms with Crippen LogP contribution in [-0.4, -0.2) is 45.2 Å². The van der Waals surface area contributed by atoms with Crippen molar-refractivity contribution < 1.29 is 18.3 Å². The number of likely N-dealkylation sites (N-methyl/N-ethyl adjacent to an activating group) is 1. The predicted molar refractivity (Wildman–Crippen MR) is 99.5 cm³/mol. The van der Waals surface area contributed by atoms with E-state index in [0.717, 1.165) is 16.5 Å². The zero-order chi connectivity index (χ0) is 20.1. The number of hydrogen-bond donors (Lipinski definition) is 1. The molecule has 148 valence electrons. The lowest BCUT2D eigenvalue weighted by Crippen LogP contribution is -2.24. The first kappa shape index (κ1) is 19.7. The lowest BCUT2D eigenvalue weighted by Gasteiger charge is -2.09. The van der Waals surface area contributed by atoms with E-state index < -0.39 is 13.0 Å². The van der Waals surface area contributed by atoms with E-state index in [9.17, 15) is 13.6 Å². The zero-order valence-corrected chi connectivity index (χ0v) is 15.7. The van der Waals surface area contributed by atoms with Gasteiger partial charge in [0.15, 0.2) is 6.61 Å². The van der Waals surface area contributed by atoms with Crippen LogP contribution in [0.15, 0.2) is 30.7 Å². The zero-order valence-electron chi connectivity index (χ0n) is 15.7. The molecule has 7 nitrogen and oxygen atoms in total. The average molecular weight is 389 g/mol. The number of amides is 1. The van der Waals surface area contributed by atoms with Crippen LogP contribution in [0.5, 0.6) is 5.88 Å². The quantitative estimate of drug-likeness (QED) is 0.640. The molecular formula is C19H21F2N5O2. The monoisotopic (exact) mass is 389 g/mol. The Bertz CT molecular complexity index is 974. The van der Waals surface area contributed by atoms with Crippen molar-refractivity contribution >= 4 is 16.8 Å². The van der Waals surface area contributed by atoms with Gasteiger partial charge in [-0.3, -0.25) is 14.5 Å². The molecule has 0 atom stereocenters. The second kappa shape index (κ2) is 8.73. The van der Waals surface area contributed by atoms with Crippen LogP contribution >= 0.6 is 0 Å². The highest BCUT2D eigenvalue weighted by molar-refractivity contribution is 5.86. The maximum atomic E-state index is 12.3. The lowest BCUT2D eigenvalue weighted by atomic mass is 10.2. The summed E-state index contributed by atoms with van der Waals surface area (Å²) in [5.41, 5.74) is 2.94. The van der Waals surface area contributed by atoms with Crippen molar-refractivity contribution in [3.63, 3.8) is 0 Å². The Morgan fingerprint density at radius 2 is 2.18 bits per heavy atom. The van der Waals surface area contributed by atoms with Crippen LogP contribution in [0.3, 0.4) is 0 Å². The summed E-state index contributed by atoms with van der Waals surface area (Å²) < 4.78 is 31.3. The van der Waals surface area contributed by atoms with E-state index in [4.69, 9.17) is 4.74 Å². The number of carbonyl (C=O) groups excluding carboxylic acids is 1. The molecule has 9 heteroatoms. The summed E-state index contributed by atoms with van der Waals surface area (Å²) in [4.78, 5) is 20.3. The van der Waals surface area contributed by atoms with Crippen LogP contribution < -0.4 is 10.1 Å². The largest absolute Gasteiger partial charge is 0.471 e. The van der Waals surface area contributed by atoms with Gasteiger partial charge in [-0.25, -0.2) is 13.8 Å². The molecule has 28 heavy (non-hydrogen) atoms. The molecule has 0 saturated heterocycles. The van der Waals surface area contributed by atoms with E-state index in [2.05, 4.69) is 20.4 Å². The van der Waals surface area contributed by atoms with Crippen LogP contribution in [0.1, 0.15) is 23.7 Å². The fourth-order valence-electron chi connectivity index (χ4n) is 2.87. The third-order valence-corrected chi connectivity index (χ3v) is 4.04. The molecule has 0 unspecified atom stereocenters. The van der Waals surface area contributed by atoms with Gasteiger partial charge in [-0.05, 0) is 31.5 Å². The number of carbonyl (C=O) groups is 1. The number of aromatic nitrogens is 4. The molecule has 1 amide bonds. The van der Waals surface area contributed by atoms with Crippen molar-refractivity contribution in [3.05, 3.63) is 47.5 Å². The van der Waals surface area contributed by atoms with Gasteiger partial charge in [0, 0.05) is 36.1 Å². The minimum Gasteiger partial charge on any atom is -0.471 e. The molecule has 0 radical (unpaired) electrons. The van der Waals surface area contributed by atoms with Crippen LogP contribution in [0, 0.1) is 6.92 Å². The number of nitrogens with zero attached hydrogens (tertiary/aromatic N) is 4. The summed E-state index contributed by atoms with van der Waals surface area (Å²) >= 11 is 0. The Labute approximate surface area is 160 Å². The van der Waals surface area contributed by atoms with Gasteiger partial charge in [-0.15, -0.1) is 0 Å². The third kappa shape index (κ3) is 4.79. The Morgan fingerprint density at radius 1 is 1.36 bits per heavy atom. The van der Waals surface area contributed by atoms with E-state index >= 15 is 0 Å². The molecule has 3 aromatic rings. The van der Waals surface area contributed by atoms with Gasteiger partial charge in [0.25, 0.3) is 6.43 Å². The SMILES string of the molecule is CCNC(=O)Cc1nccc2nn(Cc3cnc(OCC(F)F)c(C)c3)cc12. The van der Waals surface area contributed by atoms with Crippen LogP contribution in [-0.2, 0) is 17.8 Å². The van der Waals surface area contributed by atoms with Crippen molar-refractivity contribution in [2.24, 2.45) is 0 Å². The number of aryl methyl sites for hydroxylation is 1. The molecule has 3 rings (SSSR count). The minimum absolute atomic E-state index is 0.0885. The Balaban J connectivity index is 1.77. The van der Waals surface area contributed by atoms with Crippen LogP contribution in [0.2, 0.25) is 0 Å². The van der Waals surface area contributed by atoms with Crippen molar-refractivity contribution in [2.75, 3.05) is 13.2 Å². The Kier molecular flexibility index (Phi) is 6.13. The Morgan fingerprint density at radius 3 is 2.89 bits per heavy atom. The summed E-state index contributed by atoms with van der Waals surface area (Å²) in [6.45, 7) is 3.95. The van der Waals surface area contributed by atoms with Gasteiger partial charge >= 0.3 is 0 Å². The number of alkyl halides is 2. The standard InChI is InChI=1S/C19H21F2N5O2/c1-3-22-18(27)7-16-14-10-26(25-15(14)4-5-23-16)9-13-6-12(2)19(24-8-13)28-11-17(20)21/h4-6,8,10,17H,3,7,9,11H2,1-2H3,(H,22,27). The number of nitrogens with one attached hydrogen (secondary N) is 1. The molecule has 0 aliphatic carbocycles. The lowest BCUT2D eigenvalue weighted by molar-refractivity contribution is -0.120. The number of pyridine rings is 2. The van der Waals surface area contributed by atoms with Crippen molar-refractivity contribution in [1.29, 1.82) is 0 Å². The molecule has 3 aromatic heterocycles. The average Bonchev–Trinajstić information content (AvgIpc) is 3.04. The first-order valence-electron chi connectivity index (χ1n) is 8.90. The van der Waals surface area contributed by atoms with Crippen molar-refractivity contribution in [3.8, 4) is 5.88 Å². The number of rotatable bonds is 8. The van der Waals surface area contributed by atoms with Crippen LogP contribution in [0.4, 0.5) is 8.78 Å². The van der Waals surface area contributed by atoms with E-state index in [-0.39, 0.29) is 18.2 Å². The number of hydrogen-bond acceptors (Lipinski definition) is 5. The fourth-order valence-corrected chi connectivity index (χ4v) is 2.87. The number of ether oxygens (including phenoxy) is 1. The minimum atomic E-state index is -2.54. The fraction of sp³-hybridized carbons (Fsp3) is 0.368. The summed E-state index contributed by atoms with van der Waals surface area (Å²) in [7, 11) is 0. The smallest absolute Gasteiger partial charge is 0.272 e. The summed E-state index contributed by atoms with van der Waals surface area (Å²) in [6.07, 6.45) is 2.70. The van der Waals surface area contributed by atoms with Crippen LogP contribution in [0.25, 0.3) is 10.9 Å². The highest BCUT2D eigenvalue weighted by atomic mass is 19.3. The van der Waals surface area contributed by atoms with Gasteiger partial charge in [-0.2, -0.15) is 5.10 Å². The van der Waals surface area contributed by atoms with Crippen molar-refractivity contribution in [2.45, 2.75) is 33.2 Å². The van der Waals surface area contributed by atoms with E-state index in [1.165, 1.54) is 0 Å². The highest BCUT2D eigenvalue weighted by Gasteiger charge is 2.12. The number of halogens is 2. The number of fused-ring (bicyclic) bond motifs is 1.